The van der Waals surface area contributed by atoms with Gasteiger partial charge in [-0.25, -0.2) is 12.8 Å². The van der Waals surface area contributed by atoms with E-state index in [4.69, 9.17) is 11.6 Å². The summed E-state index contributed by atoms with van der Waals surface area (Å²) in [6.45, 7) is 0.243. The van der Waals surface area contributed by atoms with Crippen LogP contribution >= 0.6 is 11.6 Å². The number of hydrogen-bond donors (Lipinski definition) is 1. The molecule has 0 radical (unpaired) electrons. The number of halogens is 2. The minimum Gasteiger partial charge on any atom is -0.322 e. The number of carbonyl (C=O) groups excluding carboxylic acids is 1. The Balaban J connectivity index is 1.87. The van der Waals surface area contributed by atoms with Crippen LogP contribution in [0.4, 0.5) is 10.1 Å². The molecule has 1 fully saturated rings. The summed E-state index contributed by atoms with van der Waals surface area (Å²) in [7, 11) is -3.81. The van der Waals surface area contributed by atoms with Gasteiger partial charge in [0.15, 0.2) is 0 Å². The lowest BCUT2D eigenvalue weighted by Gasteiger charge is -2.33. The highest BCUT2D eigenvalue weighted by atomic mass is 35.5. The quantitative estimate of drug-likeness (QED) is 0.857. The number of piperidine rings is 1. The standard InChI is InChI=1S/C18H18ClFN2O3S/c19-13-9-10-15(20)16(12-13)21-18(23)17-8-4-5-11-22(17)26(24,25)14-6-2-1-3-7-14/h1-3,6-7,9-10,12,17H,4-5,8,11H2,(H,21,23). The van der Waals surface area contributed by atoms with Gasteiger partial charge in [-0.2, -0.15) is 4.31 Å². The van der Waals surface area contributed by atoms with Crippen molar-refractivity contribution in [3.63, 3.8) is 0 Å². The van der Waals surface area contributed by atoms with Gasteiger partial charge in [0, 0.05) is 11.6 Å². The van der Waals surface area contributed by atoms with Gasteiger partial charge in [-0.05, 0) is 43.2 Å². The largest absolute Gasteiger partial charge is 0.322 e. The highest BCUT2D eigenvalue weighted by molar-refractivity contribution is 7.89. The molecule has 2 aromatic rings. The number of sulfonamides is 1. The third kappa shape index (κ3) is 3.90. The van der Waals surface area contributed by atoms with Crippen molar-refractivity contribution < 1.29 is 17.6 Å². The molecule has 1 aliphatic rings. The molecule has 1 unspecified atom stereocenters. The third-order valence-corrected chi connectivity index (χ3v) is 6.45. The van der Waals surface area contributed by atoms with Crippen LogP contribution in [-0.4, -0.2) is 31.2 Å². The summed E-state index contributed by atoms with van der Waals surface area (Å²) in [5.41, 5.74) is -0.0647. The molecule has 1 saturated heterocycles. The lowest BCUT2D eigenvalue weighted by atomic mass is 10.0. The predicted molar refractivity (Wildman–Crippen MR) is 98.0 cm³/mol. The van der Waals surface area contributed by atoms with Crippen molar-refractivity contribution in [3.8, 4) is 0 Å². The predicted octanol–water partition coefficient (Wildman–Crippen LogP) is 3.66. The van der Waals surface area contributed by atoms with Gasteiger partial charge in [-0.1, -0.05) is 36.2 Å². The Hall–Kier alpha value is -1.96. The molecule has 3 rings (SSSR count). The van der Waals surface area contributed by atoms with Gasteiger partial charge in [-0.3, -0.25) is 4.79 Å². The SMILES string of the molecule is O=C(Nc1cc(Cl)ccc1F)C1CCCCN1S(=O)(=O)c1ccccc1. The Kier molecular flexibility index (Phi) is 5.60. The molecule has 0 saturated carbocycles. The number of hydrogen-bond acceptors (Lipinski definition) is 3. The fourth-order valence-electron chi connectivity index (χ4n) is 2.99. The monoisotopic (exact) mass is 396 g/mol. The summed E-state index contributed by atoms with van der Waals surface area (Å²) in [4.78, 5) is 12.8. The lowest BCUT2D eigenvalue weighted by molar-refractivity contribution is -0.120. The number of rotatable bonds is 4. The van der Waals surface area contributed by atoms with Crippen molar-refractivity contribution in [1.29, 1.82) is 0 Å². The van der Waals surface area contributed by atoms with Crippen LogP contribution in [0.25, 0.3) is 0 Å². The Bertz CT molecular complexity index is 906. The van der Waals surface area contributed by atoms with Crippen LogP contribution in [0.2, 0.25) is 5.02 Å². The molecule has 5 nitrogen and oxygen atoms in total. The molecule has 1 amide bonds. The maximum absolute atomic E-state index is 13.9. The van der Waals surface area contributed by atoms with Crippen molar-refractivity contribution in [1.82, 2.24) is 4.31 Å². The van der Waals surface area contributed by atoms with Gasteiger partial charge in [0.05, 0.1) is 10.6 Å². The van der Waals surface area contributed by atoms with Crippen LogP contribution in [0, 0.1) is 5.82 Å². The van der Waals surface area contributed by atoms with Gasteiger partial charge < -0.3 is 5.32 Å². The summed E-state index contributed by atoms with van der Waals surface area (Å²) in [5.74, 6) is -1.19. The second-order valence-corrected chi connectivity index (χ2v) is 8.38. The minimum atomic E-state index is -3.81. The van der Waals surface area contributed by atoms with Crippen molar-refractivity contribution in [2.45, 2.75) is 30.2 Å². The first-order chi connectivity index (χ1) is 12.4. The number of benzene rings is 2. The first-order valence-corrected chi connectivity index (χ1v) is 10.0. The molecule has 8 heteroatoms. The number of carbonyl (C=O) groups is 1. The van der Waals surface area contributed by atoms with Gasteiger partial charge in [-0.15, -0.1) is 0 Å². The normalized spacial score (nSPS) is 18.5. The van der Waals surface area contributed by atoms with E-state index in [-0.39, 0.29) is 22.2 Å². The topological polar surface area (TPSA) is 66.5 Å². The van der Waals surface area contributed by atoms with E-state index < -0.39 is 27.8 Å². The van der Waals surface area contributed by atoms with E-state index in [0.29, 0.717) is 12.8 Å². The molecule has 138 valence electrons. The van der Waals surface area contributed by atoms with Crippen LogP contribution in [-0.2, 0) is 14.8 Å². The van der Waals surface area contributed by atoms with Crippen molar-refractivity contribution in [2.24, 2.45) is 0 Å². The fourth-order valence-corrected chi connectivity index (χ4v) is 4.84. The third-order valence-electron chi connectivity index (χ3n) is 4.29. The average Bonchev–Trinajstić information content (AvgIpc) is 2.65. The number of anilines is 1. The summed E-state index contributed by atoms with van der Waals surface area (Å²) in [6.07, 6.45) is 1.76. The molecule has 1 atom stereocenters. The smallest absolute Gasteiger partial charge is 0.243 e. The Labute approximate surface area is 156 Å². The zero-order valence-electron chi connectivity index (χ0n) is 13.9. The average molecular weight is 397 g/mol. The van der Waals surface area contributed by atoms with Crippen LogP contribution < -0.4 is 5.32 Å². The first-order valence-electron chi connectivity index (χ1n) is 8.22. The zero-order chi connectivity index (χ0) is 18.7. The zero-order valence-corrected chi connectivity index (χ0v) is 15.4. The molecule has 2 aromatic carbocycles. The number of nitrogens with zero attached hydrogens (tertiary/aromatic N) is 1. The van der Waals surface area contributed by atoms with E-state index in [1.807, 2.05) is 0 Å². The molecule has 0 bridgehead atoms. The van der Waals surface area contributed by atoms with Gasteiger partial charge in [0.1, 0.15) is 11.9 Å². The maximum atomic E-state index is 13.9. The highest BCUT2D eigenvalue weighted by Gasteiger charge is 2.37. The van der Waals surface area contributed by atoms with Crippen LogP contribution in [0.1, 0.15) is 19.3 Å². The Morgan fingerprint density at radius 3 is 2.62 bits per heavy atom. The van der Waals surface area contributed by atoms with Crippen LogP contribution in [0.3, 0.4) is 0 Å². The molecule has 26 heavy (non-hydrogen) atoms. The highest BCUT2D eigenvalue weighted by Crippen LogP contribution is 2.27. The van der Waals surface area contributed by atoms with Gasteiger partial charge in [0.2, 0.25) is 15.9 Å². The summed E-state index contributed by atoms with van der Waals surface area (Å²) in [5, 5.41) is 2.75. The second kappa shape index (κ2) is 7.73. The van der Waals surface area contributed by atoms with E-state index in [1.165, 1.54) is 28.6 Å². The molecular weight excluding hydrogens is 379 g/mol. The number of amides is 1. The van der Waals surface area contributed by atoms with E-state index >= 15 is 0 Å². The molecule has 0 aromatic heterocycles. The summed E-state index contributed by atoms with van der Waals surface area (Å²) >= 11 is 5.84. The van der Waals surface area contributed by atoms with Gasteiger partial charge in [0.25, 0.3) is 0 Å². The molecule has 1 heterocycles. The van der Waals surface area contributed by atoms with Crippen molar-refractivity contribution in [3.05, 3.63) is 59.4 Å². The molecular formula is C18H18ClFN2O3S. The lowest BCUT2D eigenvalue weighted by Crippen LogP contribution is -2.49. The minimum absolute atomic E-state index is 0.0647. The van der Waals surface area contributed by atoms with Crippen molar-refractivity contribution >= 4 is 33.2 Å². The van der Waals surface area contributed by atoms with E-state index in [2.05, 4.69) is 5.32 Å². The van der Waals surface area contributed by atoms with Crippen LogP contribution in [0.15, 0.2) is 53.4 Å². The maximum Gasteiger partial charge on any atom is 0.243 e. The summed E-state index contributed by atoms with van der Waals surface area (Å²) in [6, 6.07) is 10.9. The molecule has 1 N–H and O–H groups in total. The molecule has 0 spiro atoms. The first kappa shape index (κ1) is 18.8. The number of nitrogens with one attached hydrogen (secondary N) is 1. The van der Waals surface area contributed by atoms with Crippen molar-refractivity contribution in [2.75, 3.05) is 11.9 Å². The fraction of sp³-hybridized carbons (Fsp3) is 0.278. The molecule has 0 aliphatic carbocycles. The molecule has 1 aliphatic heterocycles. The van der Waals surface area contributed by atoms with Gasteiger partial charge >= 0.3 is 0 Å². The Morgan fingerprint density at radius 1 is 1.15 bits per heavy atom. The summed E-state index contributed by atoms with van der Waals surface area (Å²) < 4.78 is 40.9. The second-order valence-electron chi connectivity index (χ2n) is 6.05. The Morgan fingerprint density at radius 2 is 1.88 bits per heavy atom. The van der Waals surface area contributed by atoms with E-state index in [9.17, 15) is 17.6 Å². The van der Waals surface area contributed by atoms with Crippen LogP contribution in [0.5, 0.6) is 0 Å². The van der Waals surface area contributed by atoms with E-state index in [1.54, 1.807) is 18.2 Å². The van der Waals surface area contributed by atoms with E-state index in [0.717, 1.165) is 12.5 Å².